The molecule has 0 aliphatic heterocycles. The molecule has 0 spiro atoms. The number of ketones is 1. The molecule has 0 aromatic carbocycles. The zero-order chi connectivity index (χ0) is 15.8. The molecule has 20 heavy (non-hydrogen) atoms. The maximum Gasteiger partial charge on any atom is 0.321 e. The number of Topliss-reactive ketones (excluding diaryl/α,β-unsaturated/α-hetero) is 1. The van der Waals surface area contributed by atoms with Crippen molar-refractivity contribution in [3.63, 3.8) is 0 Å². The summed E-state index contributed by atoms with van der Waals surface area (Å²) in [6.45, 7) is 3.18. The summed E-state index contributed by atoms with van der Waals surface area (Å²) >= 11 is 0. The van der Waals surface area contributed by atoms with Gasteiger partial charge in [-0.3, -0.25) is 14.4 Å². The molecule has 8 heteroatoms. The van der Waals surface area contributed by atoms with E-state index in [1.54, 1.807) is 6.92 Å². The monoisotopic (exact) mass is 282 g/mol. The first-order valence-corrected chi connectivity index (χ1v) is 6.15. The van der Waals surface area contributed by atoms with Crippen molar-refractivity contribution < 1.29 is 23.9 Å². The molecule has 110 valence electrons. The Labute approximate surface area is 119 Å². The van der Waals surface area contributed by atoms with E-state index in [4.69, 9.17) is 22.7 Å². The topological polar surface area (TPSA) is 106 Å². The largest absolute Gasteiger partial charge is 0.465 e. The average Bonchev–Trinajstić information content (AvgIpc) is 2.43. The molecule has 0 aromatic rings. The van der Waals surface area contributed by atoms with Crippen LogP contribution >= 0.6 is 0 Å². The number of hydrogen-bond donors (Lipinski definition) is 2. The van der Waals surface area contributed by atoms with Crippen LogP contribution in [-0.4, -0.2) is 57.0 Å². The van der Waals surface area contributed by atoms with Crippen molar-refractivity contribution in [2.45, 2.75) is 38.2 Å². The molecular formula is C12H19BN2O5. The number of rotatable bonds is 9. The zero-order valence-corrected chi connectivity index (χ0v) is 11.9. The smallest absolute Gasteiger partial charge is 0.321 e. The number of methoxy groups -OCH3 is 1. The van der Waals surface area contributed by atoms with Gasteiger partial charge in [0.2, 0.25) is 5.91 Å². The molecule has 0 saturated heterocycles. The second kappa shape index (κ2) is 8.47. The van der Waals surface area contributed by atoms with Crippen LogP contribution in [0.2, 0.25) is 0 Å². The van der Waals surface area contributed by atoms with Gasteiger partial charge < -0.3 is 20.2 Å². The van der Waals surface area contributed by atoms with E-state index in [9.17, 15) is 14.4 Å². The Morgan fingerprint density at radius 3 is 2.50 bits per heavy atom. The highest BCUT2D eigenvalue weighted by Gasteiger charge is 2.36. The molecule has 0 fully saturated rings. The first kappa shape index (κ1) is 18.3. The zero-order valence-electron chi connectivity index (χ0n) is 11.9. The number of esters is 1. The van der Waals surface area contributed by atoms with E-state index in [1.807, 2.05) is 0 Å². The van der Waals surface area contributed by atoms with Crippen LogP contribution < -0.4 is 5.32 Å². The van der Waals surface area contributed by atoms with Crippen molar-refractivity contribution in [2.24, 2.45) is 0 Å². The van der Waals surface area contributed by atoms with E-state index >= 15 is 0 Å². The Kier molecular flexibility index (Phi) is 7.75. The Balaban J connectivity index is 4.94. The Morgan fingerprint density at radius 1 is 1.45 bits per heavy atom. The van der Waals surface area contributed by atoms with Gasteiger partial charge >= 0.3 is 5.97 Å². The minimum absolute atomic E-state index is 0.0893. The van der Waals surface area contributed by atoms with Crippen molar-refractivity contribution in [1.29, 1.82) is 5.41 Å². The quantitative estimate of drug-likeness (QED) is 0.339. The summed E-state index contributed by atoms with van der Waals surface area (Å²) in [5, 5.41) is 9.13. The number of nitrogens with one attached hydrogen (secondary N) is 2. The van der Waals surface area contributed by atoms with Crippen molar-refractivity contribution in [1.82, 2.24) is 5.32 Å². The highest BCUT2D eigenvalue weighted by Crippen LogP contribution is 2.12. The van der Waals surface area contributed by atoms with Crippen molar-refractivity contribution in [2.75, 3.05) is 13.7 Å². The van der Waals surface area contributed by atoms with Crippen LogP contribution in [0.5, 0.6) is 0 Å². The average molecular weight is 282 g/mol. The molecule has 0 saturated carbocycles. The third-order valence-corrected chi connectivity index (χ3v) is 2.64. The molecule has 2 atom stereocenters. The summed E-state index contributed by atoms with van der Waals surface area (Å²) in [6.07, 6.45) is -0.487. The number of carbonyl (C=O) groups excluding carboxylic acids is 3. The van der Waals surface area contributed by atoms with E-state index in [-0.39, 0.29) is 19.4 Å². The maximum atomic E-state index is 11.8. The van der Waals surface area contributed by atoms with Crippen LogP contribution in [-0.2, 0) is 23.9 Å². The molecule has 1 unspecified atom stereocenters. The molecule has 1 amide bonds. The van der Waals surface area contributed by atoms with Gasteiger partial charge in [0.15, 0.2) is 5.78 Å². The lowest BCUT2D eigenvalue weighted by atomic mass is 9.73. The van der Waals surface area contributed by atoms with Crippen LogP contribution in [0.1, 0.15) is 26.7 Å². The van der Waals surface area contributed by atoms with Crippen LogP contribution in [0.3, 0.4) is 0 Å². The molecule has 0 aliphatic rings. The second-order valence-corrected chi connectivity index (χ2v) is 4.17. The molecule has 0 aliphatic carbocycles. The fourth-order valence-electron chi connectivity index (χ4n) is 1.30. The number of hydrogen-bond acceptors (Lipinski definition) is 6. The van der Waals surface area contributed by atoms with Crippen molar-refractivity contribution in [3.05, 3.63) is 0 Å². The van der Waals surface area contributed by atoms with Gasteiger partial charge in [-0.05, 0) is 20.3 Å². The number of carbonyl (C=O) groups is 3. The summed E-state index contributed by atoms with van der Waals surface area (Å²) in [5.74, 6) is -1.93. The molecule has 0 aromatic heterocycles. The predicted molar refractivity (Wildman–Crippen MR) is 72.8 cm³/mol. The van der Waals surface area contributed by atoms with E-state index in [2.05, 4.69) is 5.32 Å². The third-order valence-electron chi connectivity index (χ3n) is 2.64. The van der Waals surface area contributed by atoms with Gasteiger partial charge in [0.25, 0.3) is 0 Å². The van der Waals surface area contributed by atoms with Gasteiger partial charge in [0.1, 0.15) is 14.0 Å². The summed E-state index contributed by atoms with van der Waals surface area (Å²) in [6, 6.07) is 0. The van der Waals surface area contributed by atoms with E-state index in [0.717, 1.165) is 0 Å². The van der Waals surface area contributed by atoms with Crippen LogP contribution in [0.15, 0.2) is 0 Å². The van der Waals surface area contributed by atoms with Gasteiger partial charge in [0.05, 0.1) is 18.3 Å². The first-order chi connectivity index (χ1) is 9.30. The SMILES string of the molecule is [B]C(CCC(=O)C=N)(NC(=O)[C@H](C)OC)C(=O)OCC. The highest BCUT2D eigenvalue weighted by atomic mass is 16.5. The lowest BCUT2D eigenvalue weighted by molar-refractivity contribution is -0.151. The van der Waals surface area contributed by atoms with Gasteiger partial charge in [-0.1, -0.05) is 0 Å². The van der Waals surface area contributed by atoms with E-state index in [0.29, 0.717) is 6.21 Å². The van der Waals surface area contributed by atoms with Crippen LogP contribution in [0.25, 0.3) is 0 Å². The minimum Gasteiger partial charge on any atom is -0.465 e. The number of amides is 1. The van der Waals surface area contributed by atoms with Gasteiger partial charge in [-0.15, -0.1) is 0 Å². The first-order valence-electron chi connectivity index (χ1n) is 6.15. The molecule has 2 N–H and O–H groups in total. The van der Waals surface area contributed by atoms with Crippen molar-refractivity contribution >= 4 is 31.7 Å². The molecule has 0 bridgehead atoms. The lowest BCUT2D eigenvalue weighted by Gasteiger charge is -2.29. The fourth-order valence-corrected chi connectivity index (χ4v) is 1.30. The molecule has 0 rings (SSSR count). The normalized spacial score (nSPS) is 14.8. The standard InChI is InChI=1S/C12H19BN2O5/c1-4-20-11(18)12(13,6-5-9(16)7-14)15-10(17)8(2)19-3/h7-8,14H,4-6H2,1-3H3,(H,15,17)/t8-,12?/m0/s1. The fraction of sp³-hybridized carbons (Fsp3) is 0.667. The Morgan fingerprint density at radius 2 is 2.05 bits per heavy atom. The lowest BCUT2D eigenvalue weighted by Crippen LogP contribution is -2.58. The molecule has 2 radical (unpaired) electrons. The summed E-state index contributed by atoms with van der Waals surface area (Å²) in [5.41, 5.74) is -1.82. The van der Waals surface area contributed by atoms with Gasteiger partial charge in [-0.25, -0.2) is 0 Å². The second-order valence-electron chi connectivity index (χ2n) is 4.17. The molecule has 0 heterocycles. The van der Waals surface area contributed by atoms with Crippen LogP contribution in [0.4, 0.5) is 0 Å². The summed E-state index contributed by atoms with van der Waals surface area (Å²) in [4.78, 5) is 34.7. The highest BCUT2D eigenvalue weighted by molar-refractivity contribution is 6.30. The number of ether oxygens (including phenoxy) is 2. The molecular weight excluding hydrogens is 263 g/mol. The summed E-state index contributed by atoms with van der Waals surface area (Å²) in [7, 11) is 7.17. The Bertz CT molecular complexity index is 388. The van der Waals surface area contributed by atoms with E-state index in [1.165, 1.54) is 14.0 Å². The Hall–Kier alpha value is -1.70. The van der Waals surface area contributed by atoms with Crippen molar-refractivity contribution in [3.8, 4) is 0 Å². The maximum absolute atomic E-state index is 11.8. The van der Waals surface area contributed by atoms with E-state index < -0.39 is 29.2 Å². The van der Waals surface area contributed by atoms with Gasteiger partial charge in [0, 0.05) is 13.5 Å². The summed E-state index contributed by atoms with van der Waals surface area (Å²) < 4.78 is 9.62. The molecule has 7 nitrogen and oxygen atoms in total. The third kappa shape index (κ3) is 5.52. The van der Waals surface area contributed by atoms with Crippen LogP contribution in [0, 0.1) is 5.41 Å². The van der Waals surface area contributed by atoms with Gasteiger partial charge in [-0.2, -0.15) is 0 Å². The minimum atomic E-state index is -1.82. The predicted octanol–water partition coefficient (Wildman–Crippen LogP) is -0.436.